The Bertz CT molecular complexity index is 684. The summed E-state index contributed by atoms with van der Waals surface area (Å²) < 4.78 is 1.99. The quantitative estimate of drug-likeness (QED) is 0.660. The predicted molar refractivity (Wildman–Crippen MR) is 65.9 cm³/mol. The van der Waals surface area contributed by atoms with Gasteiger partial charge in [0.05, 0.1) is 16.7 Å². The van der Waals surface area contributed by atoms with Gasteiger partial charge in [-0.15, -0.1) is 0 Å². The van der Waals surface area contributed by atoms with Crippen LogP contribution in [-0.2, 0) is 0 Å². The zero-order chi connectivity index (χ0) is 11.7. The molecule has 1 N–H and O–H groups in total. The predicted octanol–water partition coefficient (Wildman–Crippen LogP) is 3.69. The van der Waals surface area contributed by atoms with Crippen LogP contribution in [0.3, 0.4) is 0 Å². The lowest BCUT2D eigenvalue weighted by Gasteiger charge is -2.04. The average Bonchev–Trinajstić information content (AvgIpc) is 2.82. The van der Waals surface area contributed by atoms with Crippen LogP contribution in [0.4, 0.5) is 5.69 Å². The number of fused-ring (bicyclic) bond motifs is 1. The summed E-state index contributed by atoms with van der Waals surface area (Å²) in [7, 11) is 0. The van der Waals surface area contributed by atoms with Gasteiger partial charge in [0.15, 0.2) is 0 Å². The molecule has 0 unspecified atom stereocenters. The van der Waals surface area contributed by atoms with Gasteiger partial charge in [-0.05, 0) is 30.3 Å². The molecule has 4 nitrogen and oxygen atoms in total. The van der Waals surface area contributed by atoms with Crippen LogP contribution in [0.2, 0.25) is 0 Å². The van der Waals surface area contributed by atoms with Crippen LogP contribution >= 0.6 is 0 Å². The number of rotatable bonds is 2. The van der Waals surface area contributed by atoms with Crippen molar-refractivity contribution in [2.24, 2.45) is 5.11 Å². The zero-order valence-corrected chi connectivity index (χ0v) is 9.04. The van der Waals surface area contributed by atoms with Crippen molar-refractivity contribution in [1.82, 2.24) is 9.55 Å². The summed E-state index contributed by atoms with van der Waals surface area (Å²) in [4.78, 5) is 4.34. The van der Waals surface area contributed by atoms with Gasteiger partial charge in [0, 0.05) is 5.69 Å². The number of aromatic nitrogens is 2. The van der Waals surface area contributed by atoms with Crippen molar-refractivity contribution >= 4 is 16.7 Å². The minimum Gasteiger partial charge on any atom is -0.299 e. The smallest absolute Gasteiger partial charge is 0.100 e. The number of benzene rings is 2. The Morgan fingerprint density at radius 1 is 1.06 bits per heavy atom. The van der Waals surface area contributed by atoms with Crippen molar-refractivity contribution in [3.63, 3.8) is 0 Å². The minimum absolute atomic E-state index is 0.639. The molecule has 0 saturated heterocycles. The Morgan fingerprint density at radius 2 is 1.94 bits per heavy atom. The van der Waals surface area contributed by atoms with Crippen LogP contribution in [0.15, 0.2) is 60.0 Å². The largest absolute Gasteiger partial charge is 0.299 e. The highest BCUT2D eigenvalue weighted by Crippen LogP contribution is 2.21. The van der Waals surface area contributed by atoms with E-state index >= 15 is 0 Å². The SMILES string of the molecule is N=Nc1cccc(-n2cnc3ccccc32)c1. The second-order valence-corrected chi connectivity index (χ2v) is 3.73. The first kappa shape index (κ1) is 9.72. The molecule has 0 aliphatic rings. The maximum absolute atomic E-state index is 7.03. The number of para-hydroxylation sites is 2. The summed E-state index contributed by atoms with van der Waals surface area (Å²) in [6, 6.07) is 15.5. The fourth-order valence-electron chi connectivity index (χ4n) is 1.88. The molecule has 0 radical (unpaired) electrons. The lowest BCUT2D eigenvalue weighted by molar-refractivity contribution is 1.08. The van der Waals surface area contributed by atoms with Crippen LogP contribution in [0, 0.1) is 5.53 Å². The average molecular weight is 222 g/mol. The summed E-state index contributed by atoms with van der Waals surface area (Å²) >= 11 is 0. The molecular weight excluding hydrogens is 212 g/mol. The maximum atomic E-state index is 7.03. The number of nitrogens with zero attached hydrogens (tertiary/aromatic N) is 3. The van der Waals surface area contributed by atoms with Gasteiger partial charge in [0.25, 0.3) is 0 Å². The topological polar surface area (TPSA) is 54.0 Å². The van der Waals surface area contributed by atoms with Crippen molar-refractivity contribution in [3.8, 4) is 5.69 Å². The Kier molecular flexibility index (Phi) is 2.19. The molecule has 0 bridgehead atoms. The van der Waals surface area contributed by atoms with E-state index in [-0.39, 0.29) is 0 Å². The van der Waals surface area contributed by atoms with Gasteiger partial charge in [-0.3, -0.25) is 4.57 Å². The molecule has 0 atom stereocenters. The van der Waals surface area contributed by atoms with Crippen molar-refractivity contribution in [2.45, 2.75) is 0 Å². The molecule has 3 rings (SSSR count). The zero-order valence-electron chi connectivity index (χ0n) is 9.04. The molecule has 1 heterocycles. The molecule has 3 aromatic rings. The van der Waals surface area contributed by atoms with Gasteiger partial charge in [-0.1, -0.05) is 18.2 Å². The van der Waals surface area contributed by atoms with Crippen LogP contribution in [0.25, 0.3) is 16.7 Å². The summed E-state index contributed by atoms with van der Waals surface area (Å²) in [6.45, 7) is 0. The van der Waals surface area contributed by atoms with Gasteiger partial charge >= 0.3 is 0 Å². The second-order valence-electron chi connectivity index (χ2n) is 3.73. The number of hydrogen-bond acceptors (Lipinski definition) is 3. The van der Waals surface area contributed by atoms with Crippen LogP contribution in [0.1, 0.15) is 0 Å². The van der Waals surface area contributed by atoms with Gasteiger partial charge < -0.3 is 0 Å². The van der Waals surface area contributed by atoms with Crippen molar-refractivity contribution in [1.29, 1.82) is 5.53 Å². The molecule has 2 aromatic carbocycles. The molecule has 4 heteroatoms. The Morgan fingerprint density at radius 3 is 2.82 bits per heavy atom. The first-order chi connectivity index (χ1) is 8.38. The van der Waals surface area contributed by atoms with Gasteiger partial charge in [0.2, 0.25) is 0 Å². The third kappa shape index (κ3) is 1.59. The van der Waals surface area contributed by atoms with E-state index in [0.717, 1.165) is 16.7 Å². The number of hydrogen-bond donors (Lipinski definition) is 1. The molecule has 0 saturated carbocycles. The van der Waals surface area contributed by atoms with E-state index in [4.69, 9.17) is 5.53 Å². The lowest BCUT2D eigenvalue weighted by Crippen LogP contribution is -1.90. The van der Waals surface area contributed by atoms with E-state index in [1.807, 2.05) is 47.0 Å². The normalized spacial score (nSPS) is 10.6. The first-order valence-corrected chi connectivity index (χ1v) is 5.28. The van der Waals surface area contributed by atoms with E-state index in [1.165, 1.54) is 0 Å². The van der Waals surface area contributed by atoms with E-state index in [2.05, 4.69) is 10.1 Å². The van der Waals surface area contributed by atoms with E-state index in [0.29, 0.717) is 5.69 Å². The Balaban J connectivity index is 2.23. The first-order valence-electron chi connectivity index (χ1n) is 5.28. The molecule has 0 fully saturated rings. The third-order valence-electron chi connectivity index (χ3n) is 2.69. The molecule has 17 heavy (non-hydrogen) atoms. The van der Waals surface area contributed by atoms with E-state index in [9.17, 15) is 0 Å². The van der Waals surface area contributed by atoms with Gasteiger partial charge in [0.1, 0.15) is 6.33 Å². The lowest BCUT2D eigenvalue weighted by atomic mass is 10.2. The highest BCUT2D eigenvalue weighted by atomic mass is 15.1. The minimum atomic E-state index is 0.639. The van der Waals surface area contributed by atoms with Gasteiger partial charge in [-0.2, -0.15) is 5.11 Å². The van der Waals surface area contributed by atoms with Crippen molar-refractivity contribution in [2.75, 3.05) is 0 Å². The number of nitrogens with one attached hydrogen (secondary N) is 1. The molecule has 82 valence electrons. The molecule has 0 aliphatic heterocycles. The van der Waals surface area contributed by atoms with Crippen LogP contribution in [-0.4, -0.2) is 9.55 Å². The summed E-state index contributed by atoms with van der Waals surface area (Å²) in [6.07, 6.45) is 1.79. The second kappa shape index (κ2) is 3.83. The molecular formula is C13H10N4. The molecule has 0 spiro atoms. The van der Waals surface area contributed by atoms with E-state index < -0.39 is 0 Å². The van der Waals surface area contributed by atoms with E-state index in [1.54, 1.807) is 12.4 Å². The van der Waals surface area contributed by atoms with Gasteiger partial charge in [-0.25, -0.2) is 10.5 Å². The monoisotopic (exact) mass is 222 g/mol. The highest BCUT2D eigenvalue weighted by Gasteiger charge is 2.03. The molecule has 0 amide bonds. The third-order valence-corrected chi connectivity index (χ3v) is 2.69. The Hall–Kier alpha value is -2.49. The fourth-order valence-corrected chi connectivity index (χ4v) is 1.88. The van der Waals surface area contributed by atoms with Crippen molar-refractivity contribution < 1.29 is 0 Å². The standard InChI is InChI=1S/C13H10N4/c14-16-10-4-3-5-11(8-10)17-9-15-12-6-1-2-7-13(12)17/h1-9,14H. The Labute approximate surface area is 98.0 Å². The van der Waals surface area contributed by atoms with Crippen LogP contribution in [0.5, 0.6) is 0 Å². The molecule has 1 aromatic heterocycles. The maximum Gasteiger partial charge on any atom is 0.100 e. The highest BCUT2D eigenvalue weighted by molar-refractivity contribution is 5.77. The fraction of sp³-hybridized carbons (Fsp3) is 0. The number of imidazole rings is 1. The summed E-state index contributed by atoms with van der Waals surface area (Å²) in [5.74, 6) is 0. The summed E-state index contributed by atoms with van der Waals surface area (Å²) in [5, 5.41) is 3.44. The summed E-state index contributed by atoms with van der Waals surface area (Å²) in [5.41, 5.74) is 10.6. The van der Waals surface area contributed by atoms with Crippen LogP contribution < -0.4 is 0 Å². The molecule has 0 aliphatic carbocycles. The van der Waals surface area contributed by atoms with Crippen molar-refractivity contribution in [3.05, 3.63) is 54.9 Å².